The second-order valence-corrected chi connectivity index (χ2v) is 16.7. The van der Waals surface area contributed by atoms with Crippen LogP contribution in [0.5, 0.6) is 0 Å². The highest BCUT2D eigenvalue weighted by molar-refractivity contribution is 5.87. The number of aliphatic hydroxyl groups is 11. The van der Waals surface area contributed by atoms with E-state index in [0.717, 1.165) is 24.8 Å². The maximum atomic E-state index is 12.5. The molecule has 0 aromatic rings. The van der Waals surface area contributed by atoms with Crippen LogP contribution in [0.15, 0.2) is 34.9 Å². The third kappa shape index (κ3) is 16.4. The predicted molar refractivity (Wildman–Crippen MR) is 209 cm³/mol. The van der Waals surface area contributed by atoms with Gasteiger partial charge in [-0.25, -0.2) is 4.79 Å². The highest BCUT2D eigenvalue weighted by Crippen LogP contribution is 2.33. The van der Waals surface area contributed by atoms with Crippen molar-refractivity contribution in [2.45, 2.75) is 168 Å². The van der Waals surface area contributed by atoms with E-state index in [1.165, 1.54) is 13.0 Å². The van der Waals surface area contributed by atoms with Crippen LogP contribution in [0.25, 0.3) is 0 Å². The lowest BCUT2D eigenvalue weighted by Gasteiger charge is -2.42. The minimum absolute atomic E-state index is 0.0380. The lowest BCUT2D eigenvalue weighted by molar-refractivity contribution is -0.317. The summed E-state index contributed by atoms with van der Waals surface area (Å²) in [5.41, 5.74) is -0.0766. The largest absolute Gasteiger partial charge is 0.459 e. The number of carbonyl (C=O) groups excluding carboxylic acids is 1. The van der Waals surface area contributed by atoms with Crippen LogP contribution in [0.4, 0.5) is 0 Å². The standard InChI is InChI=1S/C41H74O15/c1-11-21(2)12-22(3)13-25(6)38(56-40-37(51)36(50)35(49)31(19-43)55-40)26(7)14-23(4)16-41(10,53)17-28(9)32(46)24(5)15-27(8)39(52)54-20-30(45)34(48)33(47)29(44)18-42/h14-15,17,21-22,24-26,29-38,40,42-51,53H,11-13,16,18-20H2,1-10H3/b23-14+,27-15+,28-17+/t21-,22-,24-,25-,26-,29+,30+,31+,32?,33+,34+,35+,36-,37-,38+,40-,41-/m0/s1. The maximum absolute atomic E-state index is 12.5. The van der Waals surface area contributed by atoms with E-state index in [1.807, 2.05) is 26.8 Å². The SMILES string of the molecule is CC[C@H](C)C[C@H](C)C[C@H](C)[C@@H](O[C@@H]1O[C@H](CO)[C@@H](O)[C@H](O)[C@@H]1O)[C@@H](C)/C=C(\C)C[C@](C)(O)/C=C(\C)C(O)[C@@H](C)/C=C(\C)C(=O)OC[C@@H](O)[C@@H](O)[C@H](O)[C@H](O)CO. The summed E-state index contributed by atoms with van der Waals surface area (Å²) in [6.07, 6.45) is -7.86. The molecule has 1 unspecified atom stereocenters. The Bertz CT molecular complexity index is 1250. The quantitative estimate of drug-likeness (QED) is 0.0367. The molecule has 56 heavy (non-hydrogen) atoms. The van der Waals surface area contributed by atoms with Crippen molar-refractivity contribution in [3.63, 3.8) is 0 Å². The molecule has 1 aliphatic rings. The van der Waals surface area contributed by atoms with Gasteiger partial charge in [0.1, 0.15) is 55.4 Å². The molecule has 1 aliphatic heterocycles. The van der Waals surface area contributed by atoms with Crippen molar-refractivity contribution in [2.24, 2.45) is 29.6 Å². The van der Waals surface area contributed by atoms with Gasteiger partial charge in [0.15, 0.2) is 6.29 Å². The van der Waals surface area contributed by atoms with Crippen molar-refractivity contribution in [1.82, 2.24) is 0 Å². The van der Waals surface area contributed by atoms with Gasteiger partial charge in [-0.1, -0.05) is 71.8 Å². The van der Waals surface area contributed by atoms with E-state index >= 15 is 0 Å². The van der Waals surface area contributed by atoms with Crippen LogP contribution in [-0.2, 0) is 19.0 Å². The number of ether oxygens (including phenoxy) is 3. The summed E-state index contributed by atoms with van der Waals surface area (Å²) >= 11 is 0. The molecule has 11 N–H and O–H groups in total. The Labute approximate surface area is 333 Å². The number of hydrogen-bond acceptors (Lipinski definition) is 15. The average Bonchev–Trinajstić information content (AvgIpc) is 3.13. The van der Waals surface area contributed by atoms with Crippen molar-refractivity contribution < 1.29 is 75.2 Å². The molecule has 1 rings (SSSR count). The fraction of sp³-hybridized carbons (Fsp3) is 0.829. The summed E-state index contributed by atoms with van der Waals surface area (Å²) in [7, 11) is 0. The molecule has 1 heterocycles. The Kier molecular flexibility index (Phi) is 22.6. The molecule has 0 bridgehead atoms. The zero-order valence-corrected chi connectivity index (χ0v) is 35.0. The normalized spacial score (nSPS) is 28.5. The van der Waals surface area contributed by atoms with Crippen molar-refractivity contribution in [1.29, 1.82) is 0 Å². The lowest BCUT2D eigenvalue weighted by Crippen LogP contribution is -2.60. The first-order chi connectivity index (χ1) is 25.9. The number of esters is 1. The van der Waals surface area contributed by atoms with Crippen LogP contribution in [0.3, 0.4) is 0 Å². The average molecular weight is 807 g/mol. The van der Waals surface area contributed by atoms with Crippen LogP contribution >= 0.6 is 0 Å². The topological polar surface area (TPSA) is 267 Å². The highest BCUT2D eigenvalue weighted by Gasteiger charge is 2.45. The Morgan fingerprint density at radius 1 is 0.821 bits per heavy atom. The first-order valence-electron chi connectivity index (χ1n) is 19.8. The minimum Gasteiger partial charge on any atom is -0.459 e. The summed E-state index contributed by atoms with van der Waals surface area (Å²) in [6.45, 7) is 16.6. The van der Waals surface area contributed by atoms with Crippen molar-refractivity contribution >= 4 is 5.97 Å². The van der Waals surface area contributed by atoms with Gasteiger partial charge in [0.2, 0.25) is 0 Å². The van der Waals surface area contributed by atoms with E-state index in [2.05, 4.69) is 20.8 Å². The van der Waals surface area contributed by atoms with Gasteiger partial charge in [-0.05, 0) is 63.9 Å². The third-order valence-corrected chi connectivity index (χ3v) is 10.7. The monoisotopic (exact) mass is 807 g/mol. The molecule has 15 nitrogen and oxygen atoms in total. The van der Waals surface area contributed by atoms with Gasteiger partial charge in [-0.2, -0.15) is 0 Å². The minimum atomic E-state index is -1.89. The Morgan fingerprint density at radius 3 is 1.96 bits per heavy atom. The van der Waals surface area contributed by atoms with Gasteiger partial charge < -0.3 is 70.4 Å². The molecular formula is C41H74O15. The first-order valence-corrected chi connectivity index (χ1v) is 19.8. The van der Waals surface area contributed by atoms with Crippen LogP contribution in [0, 0.1) is 29.6 Å². The smallest absolute Gasteiger partial charge is 0.333 e. The predicted octanol–water partition coefficient (Wildman–Crippen LogP) is 0.862. The zero-order chi connectivity index (χ0) is 43.2. The molecule has 0 aliphatic carbocycles. The molecule has 1 fully saturated rings. The maximum Gasteiger partial charge on any atom is 0.333 e. The summed E-state index contributed by atoms with van der Waals surface area (Å²) < 4.78 is 17.1. The van der Waals surface area contributed by atoms with Crippen LogP contribution in [-0.4, -0.2) is 155 Å². The van der Waals surface area contributed by atoms with E-state index in [9.17, 15) is 55.9 Å². The fourth-order valence-electron chi connectivity index (χ4n) is 7.53. The van der Waals surface area contributed by atoms with Crippen LogP contribution in [0.2, 0.25) is 0 Å². The highest BCUT2D eigenvalue weighted by atomic mass is 16.7. The van der Waals surface area contributed by atoms with E-state index < -0.39 is 105 Å². The molecule has 15 heteroatoms. The van der Waals surface area contributed by atoms with Crippen molar-refractivity contribution in [3.8, 4) is 0 Å². The molecule has 1 saturated heterocycles. The van der Waals surface area contributed by atoms with Gasteiger partial charge in [0.05, 0.1) is 31.0 Å². The molecule has 0 aromatic heterocycles. The third-order valence-electron chi connectivity index (χ3n) is 10.7. The van der Waals surface area contributed by atoms with Gasteiger partial charge >= 0.3 is 5.97 Å². The van der Waals surface area contributed by atoms with Crippen LogP contribution in [0.1, 0.15) is 94.9 Å². The van der Waals surface area contributed by atoms with E-state index in [0.29, 0.717) is 17.4 Å². The lowest BCUT2D eigenvalue weighted by atomic mass is 9.82. The molecule has 0 spiro atoms. The number of hydrogen-bond donors (Lipinski definition) is 11. The molecule has 0 radical (unpaired) electrons. The number of carbonyl (C=O) groups is 1. The number of rotatable bonds is 24. The van der Waals surface area contributed by atoms with E-state index in [-0.39, 0.29) is 23.8 Å². The summed E-state index contributed by atoms with van der Waals surface area (Å²) in [4.78, 5) is 12.5. The van der Waals surface area contributed by atoms with Gasteiger partial charge in [-0.15, -0.1) is 0 Å². The second-order valence-electron chi connectivity index (χ2n) is 16.7. The fourth-order valence-corrected chi connectivity index (χ4v) is 7.53. The first kappa shape index (κ1) is 52.2. The molecule has 0 saturated carbocycles. The van der Waals surface area contributed by atoms with E-state index in [1.54, 1.807) is 26.8 Å². The Hall–Kier alpha value is -1.83. The molecule has 328 valence electrons. The summed E-state index contributed by atoms with van der Waals surface area (Å²) in [5.74, 6) is -0.873. The Morgan fingerprint density at radius 2 is 1.41 bits per heavy atom. The Balaban J connectivity index is 3.12. The molecular weight excluding hydrogens is 732 g/mol. The second kappa shape index (κ2) is 24.3. The van der Waals surface area contributed by atoms with Crippen molar-refractivity contribution in [2.75, 3.05) is 19.8 Å². The number of aliphatic hydroxyl groups excluding tert-OH is 10. The summed E-state index contributed by atoms with van der Waals surface area (Å²) in [6, 6.07) is 0. The molecule has 17 atom stereocenters. The van der Waals surface area contributed by atoms with Gasteiger partial charge in [-0.3, -0.25) is 0 Å². The summed E-state index contributed by atoms with van der Waals surface area (Å²) in [5, 5.41) is 112. The molecule has 0 amide bonds. The van der Waals surface area contributed by atoms with Crippen LogP contribution < -0.4 is 0 Å². The van der Waals surface area contributed by atoms with Gasteiger partial charge in [0.25, 0.3) is 0 Å². The van der Waals surface area contributed by atoms with E-state index in [4.69, 9.17) is 19.3 Å². The van der Waals surface area contributed by atoms with Crippen molar-refractivity contribution in [3.05, 3.63) is 34.9 Å². The zero-order valence-electron chi connectivity index (χ0n) is 35.0. The molecule has 0 aromatic carbocycles. The van der Waals surface area contributed by atoms with Gasteiger partial charge in [0, 0.05) is 23.8 Å².